The first-order valence-electron chi connectivity index (χ1n) is 9.51. The highest BCUT2D eigenvalue weighted by molar-refractivity contribution is 5.45. The normalized spacial score (nSPS) is 16.6. The Morgan fingerprint density at radius 3 is 1.68 bits per heavy atom. The summed E-state index contributed by atoms with van der Waals surface area (Å²) < 4.78 is 0. The van der Waals surface area contributed by atoms with Crippen molar-refractivity contribution in [1.29, 1.82) is 0 Å². The lowest BCUT2D eigenvalue weighted by Gasteiger charge is -2.24. The molecule has 0 saturated heterocycles. The van der Waals surface area contributed by atoms with Crippen LogP contribution in [0.1, 0.15) is 59.1 Å². The van der Waals surface area contributed by atoms with E-state index in [0.717, 1.165) is 0 Å². The zero-order valence-corrected chi connectivity index (χ0v) is 16.3. The van der Waals surface area contributed by atoms with Gasteiger partial charge in [0.2, 0.25) is 0 Å². The van der Waals surface area contributed by atoms with Crippen LogP contribution in [0.4, 0.5) is 0 Å². The molecule has 0 radical (unpaired) electrons. The molecule has 0 fully saturated rings. The van der Waals surface area contributed by atoms with Crippen molar-refractivity contribution in [1.82, 2.24) is 0 Å². The zero-order chi connectivity index (χ0) is 18.0. The molecule has 1 atom stereocenters. The van der Waals surface area contributed by atoms with Crippen LogP contribution < -0.4 is 0 Å². The van der Waals surface area contributed by atoms with Gasteiger partial charge in [0.25, 0.3) is 0 Å². The molecule has 0 nitrogen and oxygen atoms in total. The van der Waals surface area contributed by atoms with Crippen LogP contribution in [-0.4, -0.2) is 0 Å². The lowest BCUT2D eigenvalue weighted by atomic mass is 9.79. The summed E-state index contributed by atoms with van der Waals surface area (Å²) in [6, 6.07) is 14.0. The third-order valence-electron chi connectivity index (χ3n) is 5.07. The highest BCUT2D eigenvalue weighted by Gasteiger charge is 2.25. The van der Waals surface area contributed by atoms with Crippen LogP contribution in [-0.2, 0) is 0 Å². The first kappa shape index (κ1) is 17.7. The van der Waals surface area contributed by atoms with Crippen molar-refractivity contribution >= 4 is 0 Å². The minimum atomic E-state index is 0.391. The largest absolute Gasteiger partial charge is 0.0764 e. The van der Waals surface area contributed by atoms with Gasteiger partial charge in [-0.3, -0.25) is 0 Å². The molecule has 0 spiro atoms. The molecule has 0 bridgehead atoms. The van der Waals surface area contributed by atoms with Gasteiger partial charge in [-0.2, -0.15) is 0 Å². The fourth-order valence-corrected chi connectivity index (χ4v) is 4.27. The predicted octanol–water partition coefficient (Wildman–Crippen LogP) is 6.96. The fourth-order valence-electron chi connectivity index (χ4n) is 4.27. The van der Waals surface area contributed by atoms with Crippen molar-refractivity contribution in [3.8, 4) is 0 Å². The van der Waals surface area contributed by atoms with Crippen molar-refractivity contribution in [2.45, 2.75) is 53.4 Å². The molecule has 1 unspecified atom stereocenters. The van der Waals surface area contributed by atoms with E-state index in [1.54, 1.807) is 0 Å². The van der Waals surface area contributed by atoms with Crippen LogP contribution in [0.3, 0.4) is 0 Å². The smallest absolute Gasteiger partial charge is 0.0187 e. The minimum Gasteiger partial charge on any atom is -0.0764 e. The molecular weight excluding hydrogens is 300 g/mol. The van der Waals surface area contributed by atoms with E-state index in [9.17, 15) is 0 Å². The Kier molecular flexibility index (Phi) is 5.27. The summed E-state index contributed by atoms with van der Waals surface area (Å²) in [7, 11) is 0. The van der Waals surface area contributed by atoms with Gasteiger partial charge >= 0.3 is 0 Å². The van der Waals surface area contributed by atoms with Gasteiger partial charge in [0.05, 0.1) is 0 Å². The first-order chi connectivity index (χ1) is 12.0. The third kappa shape index (κ3) is 4.12. The second-order valence-electron chi connectivity index (χ2n) is 7.75. The quantitative estimate of drug-likeness (QED) is 0.555. The number of hydrogen-bond donors (Lipinski definition) is 0. The first-order valence-corrected chi connectivity index (χ1v) is 9.51. The van der Waals surface area contributed by atoms with E-state index < -0.39 is 0 Å². The van der Waals surface area contributed by atoms with Gasteiger partial charge in [0, 0.05) is 11.8 Å². The van der Waals surface area contributed by atoms with Crippen LogP contribution in [0.15, 0.2) is 60.2 Å². The molecule has 1 aliphatic carbocycles. The molecule has 130 valence electrons. The number of rotatable bonds is 5. The predicted molar refractivity (Wildman–Crippen MR) is 109 cm³/mol. The van der Waals surface area contributed by atoms with Gasteiger partial charge in [0.1, 0.15) is 0 Å². The van der Waals surface area contributed by atoms with E-state index in [1.165, 1.54) is 51.8 Å². The van der Waals surface area contributed by atoms with Gasteiger partial charge in [-0.15, -0.1) is 0 Å². The van der Waals surface area contributed by atoms with Crippen molar-refractivity contribution in [3.05, 3.63) is 93.6 Å². The molecule has 2 aromatic rings. The second kappa shape index (κ2) is 7.44. The van der Waals surface area contributed by atoms with E-state index in [-0.39, 0.29) is 0 Å². The lowest BCUT2D eigenvalue weighted by Crippen LogP contribution is -2.11. The molecule has 3 rings (SSSR count). The van der Waals surface area contributed by atoms with Crippen LogP contribution in [0.5, 0.6) is 0 Å². The maximum atomic E-state index is 2.49. The molecule has 1 aliphatic rings. The monoisotopic (exact) mass is 330 g/mol. The van der Waals surface area contributed by atoms with Crippen molar-refractivity contribution < 1.29 is 0 Å². The summed E-state index contributed by atoms with van der Waals surface area (Å²) in [6.45, 7) is 11.1. The average molecular weight is 331 g/mol. The Labute approximate surface area is 153 Å². The summed E-state index contributed by atoms with van der Waals surface area (Å²) in [5.41, 5.74) is 9.77. The van der Waals surface area contributed by atoms with Crippen LogP contribution in [0, 0.1) is 33.6 Å². The summed E-state index contributed by atoms with van der Waals surface area (Å²) >= 11 is 0. The number of allylic oxidation sites excluding steroid dienone is 4. The van der Waals surface area contributed by atoms with Crippen LogP contribution >= 0.6 is 0 Å². The average Bonchev–Trinajstić information content (AvgIpc) is 2.94. The molecule has 0 heterocycles. The lowest BCUT2D eigenvalue weighted by molar-refractivity contribution is 0.687. The van der Waals surface area contributed by atoms with Crippen molar-refractivity contribution in [2.75, 3.05) is 0 Å². The topological polar surface area (TPSA) is 0 Å². The molecule has 0 saturated carbocycles. The third-order valence-corrected chi connectivity index (χ3v) is 5.07. The highest BCUT2D eigenvalue weighted by atomic mass is 14.3. The Balaban J connectivity index is 2.10. The standard InChI is InChI=1S/C25H30/c1-6-7-21-8-9-22(16-21)25(23-12-17(2)10-18(3)13-23)24-14-19(4)11-20(5)15-24/h8-16,22,25H,6-7H2,1-5H3. The summed E-state index contributed by atoms with van der Waals surface area (Å²) in [5.74, 6) is 0.840. The highest BCUT2D eigenvalue weighted by Crippen LogP contribution is 2.39. The van der Waals surface area contributed by atoms with Gasteiger partial charge in [0.15, 0.2) is 0 Å². The van der Waals surface area contributed by atoms with Gasteiger partial charge in [-0.1, -0.05) is 95.8 Å². The summed E-state index contributed by atoms with van der Waals surface area (Å²) in [5, 5.41) is 0. The van der Waals surface area contributed by atoms with E-state index in [0.29, 0.717) is 11.8 Å². The van der Waals surface area contributed by atoms with Gasteiger partial charge < -0.3 is 0 Å². The van der Waals surface area contributed by atoms with Crippen LogP contribution in [0.25, 0.3) is 0 Å². The zero-order valence-electron chi connectivity index (χ0n) is 16.3. The summed E-state index contributed by atoms with van der Waals surface area (Å²) in [4.78, 5) is 0. The molecule has 0 N–H and O–H groups in total. The Morgan fingerprint density at radius 2 is 1.24 bits per heavy atom. The number of hydrogen-bond acceptors (Lipinski definition) is 0. The number of benzene rings is 2. The SMILES string of the molecule is CCCC1=CC(C(c2cc(C)cc(C)c2)c2cc(C)cc(C)c2)C=C1. The minimum absolute atomic E-state index is 0.391. The molecular formula is C25H30. The molecule has 25 heavy (non-hydrogen) atoms. The Morgan fingerprint density at radius 1 is 0.760 bits per heavy atom. The van der Waals surface area contributed by atoms with E-state index >= 15 is 0 Å². The molecule has 2 aromatic carbocycles. The number of aryl methyl sites for hydroxylation is 4. The van der Waals surface area contributed by atoms with Crippen molar-refractivity contribution in [2.24, 2.45) is 5.92 Å². The van der Waals surface area contributed by atoms with E-state index in [1.807, 2.05) is 0 Å². The maximum Gasteiger partial charge on any atom is 0.0187 e. The van der Waals surface area contributed by atoms with Gasteiger partial charge in [-0.25, -0.2) is 0 Å². The maximum absolute atomic E-state index is 2.49. The Bertz CT molecular complexity index is 728. The molecule has 0 aliphatic heterocycles. The van der Waals surface area contributed by atoms with E-state index in [2.05, 4.69) is 89.2 Å². The van der Waals surface area contributed by atoms with E-state index in [4.69, 9.17) is 0 Å². The molecule has 0 amide bonds. The fraction of sp³-hybridized carbons (Fsp3) is 0.360. The molecule has 0 heteroatoms. The van der Waals surface area contributed by atoms with Crippen LogP contribution in [0.2, 0.25) is 0 Å². The van der Waals surface area contributed by atoms with Crippen molar-refractivity contribution in [3.63, 3.8) is 0 Å². The summed E-state index contributed by atoms with van der Waals surface area (Å²) in [6.07, 6.45) is 9.63. The second-order valence-corrected chi connectivity index (χ2v) is 7.75. The molecule has 0 aromatic heterocycles. The Hall–Kier alpha value is -2.08. The van der Waals surface area contributed by atoms with Gasteiger partial charge in [-0.05, 0) is 45.2 Å².